The zero-order chi connectivity index (χ0) is 9.64. The summed E-state index contributed by atoms with van der Waals surface area (Å²) in [5, 5.41) is 0. The Morgan fingerprint density at radius 3 is 2.36 bits per heavy atom. The predicted molar refractivity (Wildman–Crippen MR) is 60.8 cm³/mol. The van der Waals surface area contributed by atoms with E-state index >= 15 is 0 Å². The molecule has 2 heteroatoms. The molecule has 0 radical (unpaired) electrons. The van der Waals surface area contributed by atoms with E-state index in [9.17, 15) is 0 Å². The standard InChI is InChI=1S/C12H22N2/c1-2-6-10-14-11-7-3-4-8-12(14)13-9-5-1/h1-11H2. The van der Waals surface area contributed by atoms with E-state index in [0.29, 0.717) is 0 Å². The minimum absolute atomic E-state index is 1.08. The van der Waals surface area contributed by atoms with Crippen molar-refractivity contribution in [3.05, 3.63) is 0 Å². The molecule has 2 heterocycles. The van der Waals surface area contributed by atoms with Crippen LogP contribution >= 0.6 is 0 Å². The molecule has 0 spiro atoms. The van der Waals surface area contributed by atoms with E-state index < -0.39 is 0 Å². The predicted octanol–water partition coefficient (Wildman–Crippen LogP) is 2.83. The van der Waals surface area contributed by atoms with Crippen LogP contribution in [0.15, 0.2) is 4.99 Å². The molecule has 0 aromatic heterocycles. The molecule has 0 N–H and O–H groups in total. The van der Waals surface area contributed by atoms with E-state index in [2.05, 4.69) is 4.90 Å². The molecule has 0 saturated carbocycles. The molecule has 0 atom stereocenters. The molecule has 0 aromatic rings. The maximum absolute atomic E-state index is 4.77. The summed E-state index contributed by atoms with van der Waals surface area (Å²) < 4.78 is 0. The molecular weight excluding hydrogens is 172 g/mol. The maximum Gasteiger partial charge on any atom is 0.0988 e. The van der Waals surface area contributed by atoms with Crippen molar-refractivity contribution >= 4 is 5.84 Å². The molecule has 80 valence electrons. The zero-order valence-electron chi connectivity index (χ0n) is 9.17. The lowest BCUT2D eigenvalue weighted by atomic mass is 10.2. The molecular formula is C12H22N2. The van der Waals surface area contributed by atoms with E-state index in [1.807, 2.05) is 0 Å². The van der Waals surface area contributed by atoms with Gasteiger partial charge in [0, 0.05) is 26.1 Å². The largest absolute Gasteiger partial charge is 0.360 e. The van der Waals surface area contributed by atoms with Crippen molar-refractivity contribution < 1.29 is 0 Å². The third-order valence-corrected chi connectivity index (χ3v) is 3.32. The van der Waals surface area contributed by atoms with Gasteiger partial charge in [-0.25, -0.2) is 0 Å². The number of amidine groups is 1. The van der Waals surface area contributed by atoms with Crippen molar-refractivity contribution in [2.45, 2.75) is 51.4 Å². The first-order valence-electron chi connectivity index (χ1n) is 6.25. The average Bonchev–Trinajstić information content (AvgIpc) is 2.35. The second-order valence-electron chi connectivity index (χ2n) is 4.51. The highest BCUT2D eigenvalue weighted by atomic mass is 15.2. The maximum atomic E-state index is 4.77. The fourth-order valence-corrected chi connectivity index (χ4v) is 2.45. The van der Waals surface area contributed by atoms with Gasteiger partial charge in [0.15, 0.2) is 0 Å². The van der Waals surface area contributed by atoms with Crippen LogP contribution in [0.3, 0.4) is 0 Å². The van der Waals surface area contributed by atoms with E-state index in [4.69, 9.17) is 4.99 Å². The van der Waals surface area contributed by atoms with Crippen molar-refractivity contribution in [2.24, 2.45) is 4.99 Å². The fourth-order valence-electron chi connectivity index (χ4n) is 2.45. The van der Waals surface area contributed by atoms with Crippen LogP contribution in [-0.2, 0) is 0 Å². The highest BCUT2D eigenvalue weighted by Crippen LogP contribution is 2.15. The fraction of sp³-hybridized carbons (Fsp3) is 0.917. The molecule has 2 rings (SSSR count). The molecule has 0 aromatic carbocycles. The first-order valence-corrected chi connectivity index (χ1v) is 6.25. The molecule has 2 aliphatic heterocycles. The molecule has 0 unspecified atom stereocenters. The van der Waals surface area contributed by atoms with Crippen molar-refractivity contribution in [1.82, 2.24) is 4.90 Å². The average molecular weight is 194 g/mol. The molecule has 0 amide bonds. The number of hydrogen-bond donors (Lipinski definition) is 0. The van der Waals surface area contributed by atoms with E-state index in [-0.39, 0.29) is 0 Å². The summed E-state index contributed by atoms with van der Waals surface area (Å²) in [6, 6.07) is 0. The smallest absolute Gasteiger partial charge is 0.0988 e. The number of hydrogen-bond acceptors (Lipinski definition) is 2. The van der Waals surface area contributed by atoms with Crippen LogP contribution in [0, 0.1) is 0 Å². The van der Waals surface area contributed by atoms with Crippen LogP contribution in [0.4, 0.5) is 0 Å². The number of rotatable bonds is 0. The Labute approximate surface area is 87.4 Å². The van der Waals surface area contributed by atoms with E-state index in [1.54, 1.807) is 0 Å². The summed E-state index contributed by atoms with van der Waals surface area (Å²) >= 11 is 0. The first kappa shape index (κ1) is 10.0. The summed E-state index contributed by atoms with van der Waals surface area (Å²) in [4.78, 5) is 7.32. The second-order valence-corrected chi connectivity index (χ2v) is 4.51. The van der Waals surface area contributed by atoms with Crippen molar-refractivity contribution in [3.8, 4) is 0 Å². The highest BCUT2D eigenvalue weighted by molar-refractivity contribution is 5.82. The molecule has 2 aliphatic rings. The Kier molecular flexibility index (Phi) is 3.84. The lowest BCUT2D eigenvalue weighted by Crippen LogP contribution is -2.31. The Hall–Kier alpha value is -0.530. The van der Waals surface area contributed by atoms with Gasteiger partial charge in [-0.3, -0.25) is 4.99 Å². The van der Waals surface area contributed by atoms with Crippen molar-refractivity contribution in [2.75, 3.05) is 19.6 Å². The second kappa shape index (κ2) is 5.38. The Balaban J connectivity index is 2.01. The SMILES string of the molecule is C1CCCN2CCCCCC2=NCC1. The molecule has 1 saturated heterocycles. The van der Waals surface area contributed by atoms with Gasteiger partial charge < -0.3 is 4.90 Å². The Bertz CT molecular complexity index is 198. The number of fused-ring (bicyclic) bond motifs is 1. The Morgan fingerprint density at radius 2 is 1.50 bits per heavy atom. The van der Waals surface area contributed by atoms with Gasteiger partial charge in [-0.15, -0.1) is 0 Å². The van der Waals surface area contributed by atoms with Crippen LogP contribution in [0.1, 0.15) is 51.4 Å². The summed E-state index contributed by atoms with van der Waals surface area (Å²) in [5.41, 5.74) is 0. The van der Waals surface area contributed by atoms with Gasteiger partial charge in [-0.05, 0) is 25.7 Å². The van der Waals surface area contributed by atoms with Gasteiger partial charge in [-0.2, -0.15) is 0 Å². The highest BCUT2D eigenvalue weighted by Gasteiger charge is 2.14. The van der Waals surface area contributed by atoms with Crippen LogP contribution in [0.2, 0.25) is 0 Å². The van der Waals surface area contributed by atoms with Crippen molar-refractivity contribution in [1.29, 1.82) is 0 Å². The molecule has 0 bridgehead atoms. The van der Waals surface area contributed by atoms with Crippen LogP contribution in [0.25, 0.3) is 0 Å². The topological polar surface area (TPSA) is 15.6 Å². The van der Waals surface area contributed by atoms with Gasteiger partial charge >= 0.3 is 0 Å². The van der Waals surface area contributed by atoms with E-state index in [0.717, 1.165) is 6.54 Å². The van der Waals surface area contributed by atoms with Crippen molar-refractivity contribution in [3.63, 3.8) is 0 Å². The summed E-state index contributed by atoms with van der Waals surface area (Å²) in [6.45, 7) is 3.60. The minimum Gasteiger partial charge on any atom is -0.360 e. The third kappa shape index (κ3) is 2.73. The quantitative estimate of drug-likeness (QED) is 0.579. The number of aliphatic imine (C=N–C) groups is 1. The van der Waals surface area contributed by atoms with Gasteiger partial charge in [0.2, 0.25) is 0 Å². The lowest BCUT2D eigenvalue weighted by Gasteiger charge is -2.23. The third-order valence-electron chi connectivity index (χ3n) is 3.32. The molecule has 0 aliphatic carbocycles. The zero-order valence-corrected chi connectivity index (χ0v) is 9.17. The normalized spacial score (nSPS) is 25.1. The molecule has 2 nitrogen and oxygen atoms in total. The van der Waals surface area contributed by atoms with Gasteiger partial charge in [-0.1, -0.05) is 19.3 Å². The van der Waals surface area contributed by atoms with Crippen LogP contribution < -0.4 is 0 Å². The lowest BCUT2D eigenvalue weighted by molar-refractivity contribution is 0.401. The van der Waals surface area contributed by atoms with Gasteiger partial charge in [0.25, 0.3) is 0 Å². The monoisotopic (exact) mass is 194 g/mol. The summed E-state index contributed by atoms with van der Waals surface area (Å²) in [7, 11) is 0. The number of nitrogens with zero attached hydrogens (tertiary/aromatic N) is 2. The Morgan fingerprint density at radius 1 is 0.786 bits per heavy atom. The van der Waals surface area contributed by atoms with Gasteiger partial charge in [0.05, 0.1) is 5.84 Å². The molecule has 14 heavy (non-hydrogen) atoms. The summed E-state index contributed by atoms with van der Waals surface area (Å²) in [5.74, 6) is 1.42. The van der Waals surface area contributed by atoms with E-state index in [1.165, 1.54) is 70.3 Å². The van der Waals surface area contributed by atoms with Crippen LogP contribution in [-0.4, -0.2) is 30.4 Å². The minimum atomic E-state index is 1.08. The van der Waals surface area contributed by atoms with Gasteiger partial charge in [0.1, 0.15) is 0 Å². The summed E-state index contributed by atoms with van der Waals surface area (Å²) in [6.07, 6.45) is 10.8. The van der Waals surface area contributed by atoms with Crippen LogP contribution in [0.5, 0.6) is 0 Å². The first-order chi connectivity index (χ1) is 6.97. The molecule has 1 fully saturated rings.